The summed E-state index contributed by atoms with van der Waals surface area (Å²) < 4.78 is 14.1. The van der Waals surface area contributed by atoms with Gasteiger partial charge in [-0.1, -0.05) is 18.2 Å². The first-order chi connectivity index (χ1) is 12.0. The van der Waals surface area contributed by atoms with E-state index in [4.69, 9.17) is 0 Å². The Bertz CT molecular complexity index is 751. The maximum absolute atomic E-state index is 14.1. The van der Waals surface area contributed by atoms with E-state index >= 15 is 0 Å². The first-order valence-corrected chi connectivity index (χ1v) is 9.48. The maximum Gasteiger partial charge on any atom is 0.191 e. The fraction of sp³-hybridized carbons (Fsp3) is 0.474. The lowest BCUT2D eigenvalue weighted by atomic mass is 9.95. The highest BCUT2D eigenvalue weighted by Gasteiger charge is 2.45. The fourth-order valence-electron chi connectivity index (χ4n) is 2.99. The summed E-state index contributed by atoms with van der Waals surface area (Å²) in [6, 6.07) is 7.09. The molecule has 0 aliphatic heterocycles. The molecule has 3 rings (SSSR count). The van der Waals surface area contributed by atoms with Crippen molar-refractivity contribution in [3.05, 3.63) is 51.2 Å². The number of nitrogens with zero attached hydrogens (tertiary/aromatic N) is 2. The molecule has 0 bridgehead atoms. The minimum Gasteiger partial charge on any atom is -0.356 e. The Morgan fingerprint density at radius 2 is 2.00 bits per heavy atom. The van der Waals surface area contributed by atoms with Crippen LogP contribution in [0.3, 0.4) is 0 Å². The lowest BCUT2D eigenvalue weighted by Gasteiger charge is -2.19. The predicted octanol–water partition coefficient (Wildman–Crippen LogP) is 3.96. The maximum atomic E-state index is 14.1. The van der Waals surface area contributed by atoms with Gasteiger partial charge < -0.3 is 10.6 Å². The van der Waals surface area contributed by atoms with Crippen LogP contribution in [0.1, 0.15) is 34.0 Å². The smallest absolute Gasteiger partial charge is 0.191 e. The fourth-order valence-corrected chi connectivity index (χ4v) is 3.92. The normalized spacial score (nSPS) is 15.3. The number of aryl methyl sites for hydroxylation is 2. The number of hydrogen-bond donors (Lipinski definition) is 2. The zero-order chi connectivity index (χ0) is 17.9. The summed E-state index contributed by atoms with van der Waals surface area (Å²) in [6.45, 7) is 5.62. The molecule has 2 N–H and O–H groups in total. The van der Waals surface area contributed by atoms with Crippen LogP contribution < -0.4 is 10.6 Å². The van der Waals surface area contributed by atoms with Gasteiger partial charge in [-0.15, -0.1) is 35.3 Å². The Kier molecular flexibility index (Phi) is 7.40. The first-order valence-electron chi connectivity index (χ1n) is 8.66. The molecule has 7 heteroatoms. The van der Waals surface area contributed by atoms with Crippen molar-refractivity contribution in [2.24, 2.45) is 4.99 Å². The highest BCUT2D eigenvalue weighted by molar-refractivity contribution is 14.0. The standard InChI is InChI=1S/C19H25FN4S.HI/c1-13-14(2)25-17(24-13)8-11-22-18(21-3)23-12-19(9-10-19)15-6-4-5-7-16(15)20;/h4-7H,8-12H2,1-3H3,(H2,21,22,23);1H. The van der Waals surface area contributed by atoms with E-state index < -0.39 is 0 Å². The molecule has 1 aliphatic carbocycles. The lowest BCUT2D eigenvalue weighted by Crippen LogP contribution is -2.42. The van der Waals surface area contributed by atoms with Gasteiger partial charge in [0.1, 0.15) is 5.82 Å². The van der Waals surface area contributed by atoms with Gasteiger partial charge in [-0.05, 0) is 38.3 Å². The zero-order valence-corrected chi connectivity index (χ0v) is 18.6. The summed E-state index contributed by atoms with van der Waals surface area (Å²) in [5.41, 5.74) is 1.83. The van der Waals surface area contributed by atoms with Crippen LogP contribution in [0, 0.1) is 19.7 Å². The van der Waals surface area contributed by atoms with Crippen molar-refractivity contribution in [2.45, 2.75) is 38.5 Å². The molecule has 0 radical (unpaired) electrons. The van der Waals surface area contributed by atoms with Gasteiger partial charge in [0.05, 0.1) is 10.7 Å². The number of halogens is 2. The highest BCUT2D eigenvalue weighted by atomic mass is 127. The van der Waals surface area contributed by atoms with Gasteiger partial charge in [0, 0.05) is 36.9 Å². The molecule has 1 saturated carbocycles. The number of hydrogen-bond acceptors (Lipinski definition) is 3. The number of nitrogens with one attached hydrogen (secondary N) is 2. The van der Waals surface area contributed by atoms with E-state index in [2.05, 4.69) is 27.5 Å². The molecule has 4 nitrogen and oxygen atoms in total. The summed E-state index contributed by atoms with van der Waals surface area (Å²) in [6.07, 6.45) is 2.89. The van der Waals surface area contributed by atoms with Crippen molar-refractivity contribution in [1.82, 2.24) is 15.6 Å². The zero-order valence-electron chi connectivity index (χ0n) is 15.4. The predicted molar refractivity (Wildman–Crippen MR) is 117 cm³/mol. The monoisotopic (exact) mass is 488 g/mol. The van der Waals surface area contributed by atoms with Crippen LogP contribution in [0.5, 0.6) is 0 Å². The third kappa shape index (κ3) is 4.94. The second kappa shape index (κ2) is 9.12. The SMILES string of the molecule is CN=C(NCCc1nc(C)c(C)s1)NCC1(c2ccccc2F)CC1.I. The van der Waals surface area contributed by atoms with E-state index in [1.54, 1.807) is 30.5 Å². The van der Waals surface area contributed by atoms with Crippen LogP contribution >= 0.6 is 35.3 Å². The molecule has 0 spiro atoms. The van der Waals surface area contributed by atoms with Crippen LogP contribution in [0.2, 0.25) is 0 Å². The Hall–Kier alpha value is -1.22. The molecule has 0 saturated heterocycles. The van der Waals surface area contributed by atoms with Crippen molar-refractivity contribution >= 4 is 41.3 Å². The largest absolute Gasteiger partial charge is 0.356 e. The molecule has 1 aliphatic rings. The van der Waals surface area contributed by atoms with Crippen LogP contribution in [0.15, 0.2) is 29.3 Å². The number of aromatic nitrogens is 1. The van der Waals surface area contributed by atoms with Crippen molar-refractivity contribution in [3.8, 4) is 0 Å². The molecule has 1 aromatic heterocycles. The minimum atomic E-state index is -0.112. The van der Waals surface area contributed by atoms with Gasteiger partial charge in [0.15, 0.2) is 5.96 Å². The summed E-state index contributed by atoms with van der Waals surface area (Å²) in [4.78, 5) is 10.1. The molecule has 1 aromatic carbocycles. The van der Waals surface area contributed by atoms with E-state index in [1.807, 2.05) is 19.1 Å². The van der Waals surface area contributed by atoms with Gasteiger partial charge >= 0.3 is 0 Å². The third-order valence-corrected chi connectivity index (χ3v) is 5.95. The molecule has 0 unspecified atom stereocenters. The molecule has 1 heterocycles. The topological polar surface area (TPSA) is 49.3 Å². The lowest BCUT2D eigenvalue weighted by molar-refractivity contribution is 0.559. The van der Waals surface area contributed by atoms with E-state index in [9.17, 15) is 4.39 Å². The number of aliphatic imine (C=N–C) groups is 1. The second-order valence-electron chi connectivity index (χ2n) is 6.61. The number of thiazole rings is 1. The van der Waals surface area contributed by atoms with Gasteiger partial charge in [-0.25, -0.2) is 9.37 Å². The highest BCUT2D eigenvalue weighted by Crippen LogP contribution is 2.48. The summed E-state index contributed by atoms with van der Waals surface area (Å²) in [5.74, 6) is 0.645. The average Bonchev–Trinajstić information content (AvgIpc) is 3.31. The molecule has 1 fully saturated rings. The van der Waals surface area contributed by atoms with Gasteiger partial charge in [0.2, 0.25) is 0 Å². The van der Waals surface area contributed by atoms with Gasteiger partial charge in [-0.3, -0.25) is 4.99 Å². The van der Waals surface area contributed by atoms with Crippen LogP contribution in [0.4, 0.5) is 4.39 Å². The number of rotatable bonds is 6. The molecule has 2 aromatic rings. The van der Waals surface area contributed by atoms with E-state index in [0.29, 0.717) is 6.54 Å². The van der Waals surface area contributed by atoms with Crippen molar-refractivity contribution in [2.75, 3.05) is 20.1 Å². The average molecular weight is 488 g/mol. The van der Waals surface area contributed by atoms with Crippen molar-refractivity contribution in [1.29, 1.82) is 0 Å². The van der Waals surface area contributed by atoms with Crippen LogP contribution in [-0.4, -0.2) is 31.1 Å². The quantitative estimate of drug-likeness (QED) is 0.368. The Labute approximate surface area is 175 Å². The Morgan fingerprint density at radius 1 is 1.27 bits per heavy atom. The molecule has 142 valence electrons. The van der Waals surface area contributed by atoms with E-state index in [0.717, 1.165) is 48.0 Å². The molecular formula is C19H26FIN4S. The second-order valence-corrected chi connectivity index (χ2v) is 7.90. The molecular weight excluding hydrogens is 462 g/mol. The summed E-state index contributed by atoms with van der Waals surface area (Å²) in [7, 11) is 1.76. The van der Waals surface area contributed by atoms with Crippen LogP contribution in [-0.2, 0) is 11.8 Å². The van der Waals surface area contributed by atoms with Gasteiger partial charge in [-0.2, -0.15) is 0 Å². The Morgan fingerprint density at radius 3 is 2.58 bits per heavy atom. The van der Waals surface area contributed by atoms with Crippen LogP contribution in [0.25, 0.3) is 0 Å². The first kappa shape index (κ1) is 21.1. The van der Waals surface area contributed by atoms with Gasteiger partial charge in [0.25, 0.3) is 0 Å². The van der Waals surface area contributed by atoms with E-state index in [1.165, 1.54) is 4.88 Å². The molecule has 0 atom stereocenters. The minimum absolute atomic E-state index is 0. The molecule has 0 amide bonds. The van der Waals surface area contributed by atoms with Crippen molar-refractivity contribution in [3.63, 3.8) is 0 Å². The Balaban J connectivity index is 0.00000243. The molecule has 26 heavy (non-hydrogen) atoms. The van der Waals surface area contributed by atoms with E-state index in [-0.39, 0.29) is 35.2 Å². The summed E-state index contributed by atoms with van der Waals surface area (Å²) in [5, 5.41) is 7.82. The summed E-state index contributed by atoms with van der Waals surface area (Å²) >= 11 is 1.75. The number of guanidine groups is 1. The number of benzene rings is 1. The van der Waals surface area contributed by atoms with Crippen molar-refractivity contribution < 1.29 is 4.39 Å². The third-order valence-electron chi connectivity index (χ3n) is 4.82.